The molecule has 2 amide bonds. The molecule has 0 aromatic carbocycles. The summed E-state index contributed by atoms with van der Waals surface area (Å²) in [5.74, 6) is 0.799. The van der Waals surface area contributed by atoms with E-state index in [1.807, 2.05) is 24.4 Å². The van der Waals surface area contributed by atoms with Crippen LogP contribution in [0.4, 0.5) is 10.6 Å². The van der Waals surface area contributed by atoms with E-state index < -0.39 is 6.09 Å². The Labute approximate surface area is 151 Å². The third-order valence-electron chi connectivity index (χ3n) is 5.21. The topological polar surface area (TPSA) is 98.3 Å². The number of carbonyl (C=O) groups excluding carboxylic acids is 1. The first-order valence-electron chi connectivity index (χ1n) is 9.04. The third-order valence-corrected chi connectivity index (χ3v) is 5.21. The van der Waals surface area contributed by atoms with Gasteiger partial charge in [-0.3, -0.25) is 4.79 Å². The molecule has 1 saturated carbocycles. The Bertz CT molecular complexity index is 897. The monoisotopic (exact) mass is 354 g/mol. The quantitative estimate of drug-likeness (QED) is 0.784. The van der Waals surface area contributed by atoms with Crippen molar-refractivity contribution in [3.05, 3.63) is 30.0 Å². The van der Waals surface area contributed by atoms with E-state index in [9.17, 15) is 14.7 Å². The minimum atomic E-state index is -0.891. The molecule has 7 heteroatoms. The lowest BCUT2D eigenvalue weighted by Gasteiger charge is -2.31. The van der Waals surface area contributed by atoms with Gasteiger partial charge in [0.25, 0.3) is 0 Å². The Morgan fingerprint density at radius 1 is 1.42 bits per heavy atom. The molecule has 1 aliphatic carbocycles. The van der Waals surface area contributed by atoms with E-state index in [4.69, 9.17) is 0 Å². The van der Waals surface area contributed by atoms with E-state index in [0.717, 1.165) is 41.4 Å². The number of hydrogen-bond donors (Lipinski definition) is 3. The molecular formula is C19H22N4O3. The molecule has 7 nitrogen and oxygen atoms in total. The van der Waals surface area contributed by atoms with Gasteiger partial charge in [-0.05, 0) is 42.5 Å². The van der Waals surface area contributed by atoms with Crippen molar-refractivity contribution in [3.63, 3.8) is 0 Å². The highest BCUT2D eigenvalue weighted by atomic mass is 16.4. The zero-order valence-electron chi connectivity index (χ0n) is 14.7. The Kier molecular flexibility index (Phi) is 4.14. The fraction of sp³-hybridized carbons (Fsp3) is 0.421. The van der Waals surface area contributed by atoms with Crippen LogP contribution in [-0.4, -0.2) is 45.1 Å². The molecule has 3 heterocycles. The molecule has 2 aromatic heterocycles. The second-order valence-electron chi connectivity index (χ2n) is 7.01. The number of carboxylic acid groups (broad SMARTS) is 1. The number of fused-ring (bicyclic) bond motifs is 1. The van der Waals surface area contributed by atoms with E-state index in [-0.39, 0.29) is 17.7 Å². The number of nitrogens with zero attached hydrogens (tertiary/aromatic N) is 2. The van der Waals surface area contributed by atoms with Crippen LogP contribution in [0.15, 0.2) is 24.4 Å². The van der Waals surface area contributed by atoms with Crippen LogP contribution in [0.2, 0.25) is 0 Å². The number of pyridine rings is 1. The van der Waals surface area contributed by atoms with Gasteiger partial charge < -0.3 is 20.3 Å². The number of hydrogen-bond acceptors (Lipinski definition) is 3. The summed E-state index contributed by atoms with van der Waals surface area (Å²) in [5, 5.41) is 13.2. The maximum Gasteiger partial charge on any atom is 0.407 e. The molecule has 136 valence electrons. The van der Waals surface area contributed by atoms with Crippen molar-refractivity contribution in [3.8, 4) is 0 Å². The molecular weight excluding hydrogens is 332 g/mol. The molecule has 1 fully saturated rings. The van der Waals surface area contributed by atoms with Crippen LogP contribution < -0.4 is 5.32 Å². The first-order valence-corrected chi connectivity index (χ1v) is 9.04. The lowest BCUT2D eigenvalue weighted by atomic mass is 9.86. The van der Waals surface area contributed by atoms with Crippen LogP contribution in [0, 0.1) is 11.8 Å². The van der Waals surface area contributed by atoms with Crippen molar-refractivity contribution < 1.29 is 14.7 Å². The predicted molar refractivity (Wildman–Crippen MR) is 98.8 cm³/mol. The van der Waals surface area contributed by atoms with Crippen molar-refractivity contribution in [2.45, 2.75) is 26.2 Å². The second kappa shape index (κ2) is 6.48. The van der Waals surface area contributed by atoms with Gasteiger partial charge in [-0.15, -0.1) is 0 Å². The zero-order chi connectivity index (χ0) is 18.3. The number of aromatic nitrogens is 2. The lowest BCUT2D eigenvalue weighted by molar-refractivity contribution is -0.117. The van der Waals surface area contributed by atoms with Crippen LogP contribution in [-0.2, 0) is 4.79 Å². The van der Waals surface area contributed by atoms with E-state index in [0.29, 0.717) is 18.9 Å². The molecule has 1 atom stereocenters. The van der Waals surface area contributed by atoms with Crippen molar-refractivity contribution in [1.82, 2.24) is 14.9 Å². The summed E-state index contributed by atoms with van der Waals surface area (Å²) in [6.45, 7) is 2.92. The summed E-state index contributed by atoms with van der Waals surface area (Å²) in [6.07, 6.45) is 5.65. The lowest BCUT2D eigenvalue weighted by Crippen LogP contribution is -2.37. The van der Waals surface area contributed by atoms with Gasteiger partial charge in [-0.1, -0.05) is 13.0 Å². The molecule has 2 aliphatic rings. The summed E-state index contributed by atoms with van der Waals surface area (Å²) in [7, 11) is 0. The Morgan fingerprint density at radius 2 is 2.23 bits per heavy atom. The highest BCUT2D eigenvalue weighted by Crippen LogP contribution is 2.36. The van der Waals surface area contributed by atoms with Crippen molar-refractivity contribution in [2.24, 2.45) is 11.8 Å². The van der Waals surface area contributed by atoms with Crippen molar-refractivity contribution >= 4 is 34.4 Å². The number of nitrogens with one attached hydrogen (secondary N) is 2. The first kappa shape index (κ1) is 16.6. The summed E-state index contributed by atoms with van der Waals surface area (Å²) < 4.78 is 0. The SMILES string of the molecule is CCC1CN(C(=O)O)CC=C1c1cc(NC(=O)C2CC2)nc2[nH]ccc12. The number of amides is 2. The normalized spacial score (nSPS) is 20.1. The third kappa shape index (κ3) is 3.05. The molecule has 0 saturated heterocycles. The number of carbonyl (C=O) groups is 2. The van der Waals surface area contributed by atoms with E-state index in [1.54, 1.807) is 0 Å². The van der Waals surface area contributed by atoms with Gasteiger partial charge in [0.2, 0.25) is 5.91 Å². The van der Waals surface area contributed by atoms with Gasteiger partial charge in [0, 0.05) is 36.5 Å². The second-order valence-corrected chi connectivity index (χ2v) is 7.01. The molecule has 1 aliphatic heterocycles. The van der Waals surface area contributed by atoms with Crippen molar-refractivity contribution in [2.75, 3.05) is 18.4 Å². The number of anilines is 1. The van der Waals surface area contributed by atoms with Crippen LogP contribution in [0.1, 0.15) is 31.7 Å². The molecule has 2 aromatic rings. The minimum absolute atomic E-state index is 0.0241. The van der Waals surface area contributed by atoms with Crippen LogP contribution >= 0.6 is 0 Å². The summed E-state index contributed by atoms with van der Waals surface area (Å²) in [4.78, 5) is 32.5. The van der Waals surface area contributed by atoms with Gasteiger partial charge in [0.1, 0.15) is 11.5 Å². The molecule has 0 radical (unpaired) electrons. The highest BCUT2D eigenvalue weighted by Gasteiger charge is 2.30. The van der Waals surface area contributed by atoms with Gasteiger partial charge >= 0.3 is 6.09 Å². The number of rotatable bonds is 4. The predicted octanol–water partition coefficient (Wildman–Crippen LogP) is 3.31. The summed E-state index contributed by atoms with van der Waals surface area (Å²) >= 11 is 0. The largest absolute Gasteiger partial charge is 0.465 e. The van der Waals surface area contributed by atoms with Gasteiger partial charge in [0.15, 0.2) is 0 Å². The average molecular weight is 354 g/mol. The summed E-state index contributed by atoms with van der Waals surface area (Å²) in [5.41, 5.74) is 2.86. The minimum Gasteiger partial charge on any atom is -0.465 e. The van der Waals surface area contributed by atoms with Gasteiger partial charge in [0.05, 0.1) is 0 Å². The van der Waals surface area contributed by atoms with E-state index in [2.05, 4.69) is 22.2 Å². The van der Waals surface area contributed by atoms with E-state index in [1.165, 1.54) is 4.90 Å². The fourth-order valence-electron chi connectivity index (χ4n) is 3.56. The molecule has 1 unspecified atom stereocenters. The average Bonchev–Trinajstić information content (AvgIpc) is 3.39. The molecule has 26 heavy (non-hydrogen) atoms. The smallest absolute Gasteiger partial charge is 0.407 e. The molecule has 0 bridgehead atoms. The molecule has 0 spiro atoms. The standard InChI is InChI=1S/C19H22N4O3/c1-2-11-10-23(19(25)26)8-6-13(11)15-9-16(22-18(24)12-3-4-12)21-17-14(15)5-7-20-17/h5-7,9,11-12H,2-4,8,10H2,1H3,(H,25,26)(H2,20,21,22,24). The first-order chi connectivity index (χ1) is 12.6. The van der Waals surface area contributed by atoms with Crippen molar-refractivity contribution in [1.29, 1.82) is 0 Å². The van der Waals surface area contributed by atoms with Gasteiger partial charge in [-0.2, -0.15) is 0 Å². The molecule has 3 N–H and O–H groups in total. The van der Waals surface area contributed by atoms with E-state index >= 15 is 0 Å². The highest BCUT2D eigenvalue weighted by molar-refractivity contribution is 5.97. The zero-order valence-corrected chi connectivity index (χ0v) is 14.7. The number of aromatic amines is 1. The Balaban J connectivity index is 1.73. The van der Waals surface area contributed by atoms with Crippen LogP contribution in [0.25, 0.3) is 16.6 Å². The Morgan fingerprint density at radius 3 is 2.92 bits per heavy atom. The maximum atomic E-state index is 12.1. The van der Waals surface area contributed by atoms with Crippen LogP contribution in [0.5, 0.6) is 0 Å². The van der Waals surface area contributed by atoms with Gasteiger partial charge in [-0.25, -0.2) is 9.78 Å². The summed E-state index contributed by atoms with van der Waals surface area (Å²) in [6, 6.07) is 3.89. The maximum absolute atomic E-state index is 12.1. The fourth-order valence-corrected chi connectivity index (χ4v) is 3.56. The molecule has 4 rings (SSSR count). The van der Waals surface area contributed by atoms with Crippen LogP contribution in [0.3, 0.4) is 0 Å². The Hall–Kier alpha value is -2.83. The number of H-pyrrole nitrogens is 1.